The Hall–Kier alpha value is -3.09. The summed E-state index contributed by atoms with van der Waals surface area (Å²) >= 11 is 1.39. The molecule has 0 aliphatic heterocycles. The van der Waals surface area contributed by atoms with Crippen LogP contribution >= 0.6 is 11.3 Å². The highest BCUT2D eigenvalue weighted by atomic mass is 32.1. The number of hydrogen-bond donors (Lipinski definition) is 1. The topological polar surface area (TPSA) is 68.0 Å². The first-order valence-electron chi connectivity index (χ1n) is 8.50. The van der Waals surface area contributed by atoms with Crippen LogP contribution in [-0.4, -0.2) is 26.2 Å². The Bertz CT molecular complexity index is 1050. The fraction of sp³-hybridized carbons (Fsp3) is 0.0952. The van der Waals surface area contributed by atoms with Crippen LogP contribution < -0.4 is 0 Å². The van der Waals surface area contributed by atoms with E-state index >= 15 is 0 Å². The molecule has 0 bridgehead atoms. The Labute approximate surface area is 160 Å². The molecule has 0 radical (unpaired) electrons. The summed E-state index contributed by atoms with van der Waals surface area (Å²) in [5.41, 5.74) is 5.43. The van der Waals surface area contributed by atoms with Crippen molar-refractivity contribution in [2.75, 3.05) is 0 Å². The molecule has 0 unspecified atom stereocenters. The fourth-order valence-electron chi connectivity index (χ4n) is 2.89. The molecule has 0 fully saturated rings. The van der Waals surface area contributed by atoms with E-state index in [1.807, 2.05) is 60.8 Å². The van der Waals surface area contributed by atoms with E-state index in [0.717, 1.165) is 34.2 Å². The number of nitrogens with zero attached hydrogens (tertiary/aromatic N) is 3. The average molecular weight is 375 g/mol. The van der Waals surface area contributed by atoms with E-state index in [0.29, 0.717) is 17.2 Å². The van der Waals surface area contributed by atoms with Gasteiger partial charge < -0.3 is 5.11 Å². The second kappa shape index (κ2) is 7.65. The predicted molar refractivity (Wildman–Crippen MR) is 105 cm³/mol. The number of aldehydes is 1. The highest BCUT2D eigenvalue weighted by Gasteiger charge is 2.14. The van der Waals surface area contributed by atoms with Crippen LogP contribution in [0, 0.1) is 0 Å². The summed E-state index contributed by atoms with van der Waals surface area (Å²) in [6.45, 7) is 0.0383. The van der Waals surface area contributed by atoms with Gasteiger partial charge in [0.25, 0.3) is 0 Å². The first-order valence-corrected chi connectivity index (χ1v) is 9.38. The monoisotopic (exact) mass is 375 g/mol. The molecule has 0 saturated heterocycles. The zero-order valence-electron chi connectivity index (χ0n) is 14.4. The molecule has 2 heterocycles. The zero-order chi connectivity index (χ0) is 18.6. The second-order valence-corrected chi connectivity index (χ2v) is 6.97. The van der Waals surface area contributed by atoms with Gasteiger partial charge in [0.05, 0.1) is 12.3 Å². The molecule has 0 aliphatic carbocycles. The van der Waals surface area contributed by atoms with Crippen LogP contribution in [0.1, 0.15) is 27.2 Å². The number of thiazole rings is 1. The van der Waals surface area contributed by atoms with Crippen molar-refractivity contribution in [1.29, 1.82) is 0 Å². The van der Waals surface area contributed by atoms with Crippen molar-refractivity contribution in [2.45, 2.75) is 13.0 Å². The van der Waals surface area contributed by atoms with Gasteiger partial charge >= 0.3 is 0 Å². The summed E-state index contributed by atoms with van der Waals surface area (Å²) in [5, 5.41) is 16.3. The molecule has 0 aliphatic rings. The van der Waals surface area contributed by atoms with Crippen LogP contribution in [0.4, 0.5) is 0 Å². The molecule has 0 saturated carbocycles. The van der Waals surface area contributed by atoms with Crippen LogP contribution in [-0.2, 0) is 13.0 Å². The van der Waals surface area contributed by atoms with E-state index in [2.05, 4.69) is 4.98 Å². The van der Waals surface area contributed by atoms with E-state index < -0.39 is 0 Å². The van der Waals surface area contributed by atoms with E-state index in [1.165, 1.54) is 11.3 Å². The fourth-order valence-corrected chi connectivity index (χ4v) is 3.59. The number of aromatic nitrogens is 3. The molecule has 6 heteroatoms. The molecular weight excluding hydrogens is 358 g/mol. The third-order valence-corrected chi connectivity index (χ3v) is 5.11. The molecule has 27 heavy (non-hydrogen) atoms. The molecule has 4 rings (SSSR count). The lowest BCUT2D eigenvalue weighted by Gasteiger charge is -2.04. The van der Waals surface area contributed by atoms with E-state index in [1.54, 1.807) is 10.1 Å². The molecule has 2 aromatic carbocycles. The van der Waals surface area contributed by atoms with Crippen molar-refractivity contribution in [2.24, 2.45) is 0 Å². The van der Waals surface area contributed by atoms with E-state index in [-0.39, 0.29) is 6.61 Å². The summed E-state index contributed by atoms with van der Waals surface area (Å²) in [6.07, 6.45) is 3.42. The molecule has 134 valence electrons. The number of aliphatic hydroxyl groups is 1. The lowest BCUT2D eigenvalue weighted by Crippen LogP contribution is -1.94. The van der Waals surface area contributed by atoms with Gasteiger partial charge in [0.15, 0.2) is 6.29 Å². The number of hydrogen-bond acceptors (Lipinski definition) is 5. The molecule has 0 spiro atoms. The summed E-state index contributed by atoms with van der Waals surface area (Å²) in [6, 6.07) is 17.9. The molecule has 2 aromatic heterocycles. The molecule has 0 atom stereocenters. The third-order valence-electron chi connectivity index (χ3n) is 4.26. The van der Waals surface area contributed by atoms with Gasteiger partial charge in [0, 0.05) is 29.1 Å². The SMILES string of the molecule is O=Cc1csc(-n2cc(Cc3ccc(CO)cc3)c(-c3ccccc3)n2)n1. The van der Waals surface area contributed by atoms with Crippen molar-refractivity contribution in [1.82, 2.24) is 14.8 Å². The first-order chi connectivity index (χ1) is 13.3. The maximum atomic E-state index is 10.9. The highest BCUT2D eigenvalue weighted by Crippen LogP contribution is 2.26. The smallest absolute Gasteiger partial charge is 0.210 e. The largest absolute Gasteiger partial charge is 0.392 e. The van der Waals surface area contributed by atoms with Gasteiger partial charge in [-0.25, -0.2) is 9.67 Å². The van der Waals surface area contributed by atoms with Gasteiger partial charge in [-0.1, -0.05) is 54.6 Å². The number of rotatable bonds is 6. The average Bonchev–Trinajstić information content (AvgIpc) is 3.36. The second-order valence-electron chi connectivity index (χ2n) is 6.14. The number of carbonyl (C=O) groups is 1. The minimum Gasteiger partial charge on any atom is -0.392 e. The van der Waals surface area contributed by atoms with Gasteiger partial charge in [-0.3, -0.25) is 4.79 Å². The number of carbonyl (C=O) groups excluding carboxylic acids is 1. The minimum absolute atomic E-state index is 0.0383. The molecule has 5 nitrogen and oxygen atoms in total. The molecule has 4 aromatic rings. The Morgan fingerprint density at radius 1 is 1.04 bits per heavy atom. The normalized spacial score (nSPS) is 10.9. The number of aliphatic hydroxyl groups excluding tert-OH is 1. The molecule has 1 N–H and O–H groups in total. The van der Waals surface area contributed by atoms with Crippen LogP contribution in [0.5, 0.6) is 0 Å². The standard InChI is InChI=1S/C21H17N3O2S/c25-12-16-8-6-15(7-9-16)10-18-11-24(21-22-19(13-26)14-27-21)23-20(18)17-4-2-1-3-5-17/h1-9,11,13-14,25H,10,12H2. The van der Waals surface area contributed by atoms with Gasteiger partial charge in [-0.05, 0) is 11.1 Å². The van der Waals surface area contributed by atoms with Gasteiger partial charge in [-0.2, -0.15) is 5.10 Å². The van der Waals surface area contributed by atoms with Crippen LogP contribution in [0.25, 0.3) is 16.4 Å². The molecular formula is C21H17N3O2S. The van der Waals surface area contributed by atoms with Crippen molar-refractivity contribution in [3.05, 3.63) is 88.6 Å². The van der Waals surface area contributed by atoms with Gasteiger partial charge in [-0.15, -0.1) is 11.3 Å². The first kappa shape index (κ1) is 17.3. The van der Waals surface area contributed by atoms with Crippen molar-refractivity contribution in [3.8, 4) is 16.4 Å². The van der Waals surface area contributed by atoms with Crippen LogP contribution in [0.3, 0.4) is 0 Å². The quantitative estimate of drug-likeness (QED) is 0.519. The number of benzene rings is 2. The lowest BCUT2D eigenvalue weighted by molar-refractivity contribution is 0.111. The van der Waals surface area contributed by atoms with Gasteiger partial charge in [0.1, 0.15) is 5.69 Å². The third kappa shape index (κ3) is 3.72. The Morgan fingerprint density at radius 2 is 1.78 bits per heavy atom. The van der Waals surface area contributed by atoms with Crippen molar-refractivity contribution >= 4 is 17.6 Å². The Kier molecular flexibility index (Phi) is 4.91. The van der Waals surface area contributed by atoms with Crippen LogP contribution in [0.15, 0.2) is 66.2 Å². The highest BCUT2D eigenvalue weighted by molar-refractivity contribution is 7.12. The Morgan fingerprint density at radius 3 is 2.44 bits per heavy atom. The lowest BCUT2D eigenvalue weighted by atomic mass is 10.0. The van der Waals surface area contributed by atoms with Gasteiger partial charge in [0.2, 0.25) is 5.13 Å². The van der Waals surface area contributed by atoms with E-state index in [4.69, 9.17) is 5.10 Å². The summed E-state index contributed by atoms with van der Waals surface area (Å²) in [7, 11) is 0. The predicted octanol–water partition coefficient (Wildman–Crippen LogP) is 3.89. The summed E-state index contributed by atoms with van der Waals surface area (Å²) < 4.78 is 1.73. The van der Waals surface area contributed by atoms with E-state index in [9.17, 15) is 9.90 Å². The summed E-state index contributed by atoms with van der Waals surface area (Å²) in [5.74, 6) is 0. The summed E-state index contributed by atoms with van der Waals surface area (Å²) in [4.78, 5) is 15.2. The zero-order valence-corrected chi connectivity index (χ0v) is 15.3. The maximum absolute atomic E-state index is 10.9. The van der Waals surface area contributed by atoms with Crippen molar-refractivity contribution in [3.63, 3.8) is 0 Å². The maximum Gasteiger partial charge on any atom is 0.210 e. The van der Waals surface area contributed by atoms with Crippen molar-refractivity contribution < 1.29 is 9.90 Å². The Balaban J connectivity index is 1.74. The molecule has 0 amide bonds. The minimum atomic E-state index is 0.0383. The van der Waals surface area contributed by atoms with Crippen LogP contribution in [0.2, 0.25) is 0 Å².